The quantitative estimate of drug-likeness (QED) is 0.876. The molecule has 2 aromatic carbocycles. The molecule has 3 nitrogen and oxygen atoms in total. The average Bonchev–Trinajstić information content (AvgIpc) is 2.52. The molecule has 0 spiro atoms. The van der Waals surface area contributed by atoms with Gasteiger partial charge in [0.05, 0.1) is 20.3 Å². The lowest BCUT2D eigenvalue weighted by atomic mass is 10.0. The second-order valence-corrected chi connectivity index (χ2v) is 4.62. The van der Waals surface area contributed by atoms with E-state index in [0.717, 1.165) is 12.0 Å². The lowest BCUT2D eigenvalue weighted by Gasteiger charge is -2.17. The van der Waals surface area contributed by atoms with E-state index in [4.69, 9.17) is 9.47 Å². The Hall–Kier alpha value is -2.00. The molecule has 0 saturated heterocycles. The minimum absolute atomic E-state index is 0.569. The summed E-state index contributed by atoms with van der Waals surface area (Å²) >= 11 is 0. The first-order chi connectivity index (χ1) is 9.76. The van der Waals surface area contributed by atoms with Gasteiger partial charge in [0.25, 0.3) is 0 Å². The van der Waals surface area contributed by atoms with Gasteiger partial charge in [0, 0.05) is 5.56 Å². The van der Waals surface area contributed by atoms with Gasteiger partial charge in [-0.3, -0.25) is 0 Å². The van der Waals surface area contributed by atoms with Crippen molar-refractivity contribution in [3.05, 3.63) is 59.7 Å². The molecule has 3 heteroatoms. The Morgan fingerprint density at radius 2 is 1.70 bits per heavy atom. The van der Waals surface area contributed by atoms with E-state index in [1.165, 1.54) is 5.56 Å². The van der Waals surface area contributed by atoms with E-state index in [2.05, 4.69) is 12.1 Å². The Bertz CT molecular complexity index is 537. The fraction of sp³-hybridized carbons (Fsp3) is 0.294. The van der Waals surface area contributed by atoms with Crippen LogP contribution in [0.2, 0.25) is 0 Å². The highest BCUT2D eigenvalue weighted by Gasteiger charge is 2.16. The van der Waals surface area contributed by atoms with Crippen molar-refractivity contribution >= 4 is 0 Å². The Morgan fingerprint density at radius 3 is 2.35 bits per heavy atom. The summed E-state index contributed by atoms with van der Waals surface area (Å²) in [6.07, 6.45) is 0.899. The maximum Gasteiger partial charge on any atom is 0.166 e. The SMILES string of the molecule is COc1cccc(C(O)CCc2ccccc2)c1OC. The molecule has 106 valence electrons. The van der Waals surface area contributed by atoms with Crippen molar-refractivity contribution in [2.75, 3.05) is 14.2 Å². The number of aryl methyl sites for hydroxylation is 1. The highest BCUT2D eigenvalue weighted by molar-refractivity contribution is 5.47. The third-order valence-electron chi connectivity index (χ3n) is 3.34. The van der Waals surface area contributed by atoms with Gasteiger partial charge in [-0.05, 0) is 24.5 Å². The third kappa shape index (κ3) is 3.31. The topological polar surface area (TPSA) is 38.7 Å². The standard InChI is InChI=1S/C17H20O3/c1-19-16-10-6-9-14(17(16)20-2)15(18)12-11-13-7-4-3-5-8-13/h3-10,15,18H,11-12H2,1-2H3. The lowest BCUT2D eigenvalue weighted by molar-refractivity contribution is 0.162. The highest BCUT2D eigenvalue weighted by atomic mass is 16.5. The molecule has 2 aromatic rings. The van der Waals surface area contributed by atoms with Gasteiger partial charge in [-0.1, -0.05) is 42.5 Å². The van der Waals surface area contributed by atoms with Crippen LogP contribution in [0.1, 0.15) is 23.7 Å². The summed E-state index contributed by atoms with van der Waals surface area (Å²) in [5, 5.41) is 10.4. The van der Waals surface area contributed by atoms with Crippen LogP contribution >= 0.6 is 0 Å². The molecule has 2 rings (SSSR count). The van der Waals surface area contributed by atoms with Crippen LogP contribution in [-0.2, 0) is 6.42 Å². The van der Waals surface area contributed by atoms with Gasteiger partial charge >= 0.3 is 0 Å². The molecule has 1 N–H and O–H groups in total. The first kappa shape index (κ1) is 14.4. The van der Waals surface area contributed by atoms with Crippen LogP contribution in [0, 0.1) is 0 Å². The van der Waals surface area contributed by atoms with Crippen LogP contribution in [0.3, 0.4) is 0 Å². The normalized spacial score (nSPS) is 11.9. The van der Waals surface area contributed by atoms with Crippen LogP contribution in [-0.4, -0.2) is 19.3 Å². The number of aliphatic hydroxyl groups excluding tert-OH is 1. The average molecular weight is 272 g/mol. The fourth-order valence-electron chi connectivity index (χ4n) is 2.28. The monoisotopic (exact) mass is 272 g/mol. The summed E-state index contributed by atoms with van der Waals surface area (Å²) in [6.45, 7) is 0. The molecule has 0 fully saturated rings. The van der Waals surface area contributed by atoms with Crippen molar-refractivity contribution in [2.24, 2.45) is 0 Å². The number of rotatable bonds is 6. The summed E-state index contributed by atoms with van der Waals surface area (Å²) in [5.74, 6) is 1.25. The van der Waals surface area contributed by atoms with Crippen LogP contribution < -0.4 is 9.47 Å². The van der Waals surface area contributed by atoms with E-state index in [1.807, 2.05) is 36.4 Å². The van der Waals surface area contributed by atoms with Crippen molar-refractivity contribution in [3.63, 3.8) is 0 Å². The molecule has 0 aromatic heterocycles. The van der Waals surface area contributed by atoms with E-state index in [9.17, 15) is 5.11 Å². The van der Waals surface area contributed by atoms with Gasteiger partial charge in [-0.15, -0.1) is 0 Å². The molecule has 0 amide bonds. The smallest absolute Gasteiger partial charge is 0.166 e. The Balaban J connectivity index is 2.11. The van der Waals surface area contributed by atoms with Crippen LogP contribution in [0.5, 0.6) is 11.5 Å². The van der Waals surface area contributed by atoms with E-state index >= 15 is 0 Å². The molecule has 0 aliphatic heterocycles. The zero-order chi connectivity index (χ0) is 14.4. The Kier molecular flexibility index (Phi) is 5.02. The summed E-state index contributed by atoms with van der Waals surface area (Å²) in [7, 11) is 3.18. The van der Waals surface area contributed by atoms with E-state index in [1.54, 1.807) is 14.2 Å². The first-order valence-corrected chi connectivity index (χ1v) is 6.69. The summed E-state index contributed by atoms with van der Waals surface area (Å²) < 4.78 is 10.6. The largest absolute Gasteiger partial charge is 0.493 e. The lowest BCUT2D eigenvalue weighted by Crippen LogP contribution is -2.03. The fourth-order valence-corrected chi connectivity index (χ4v) is 2.28. The molecule has 20 heavy (non-hydrogen) atoms. The van der Waals surface area contributed by atoms with Gasteiger partial charge in [0.1, 0.15) is 0 Å². The number of methoxy groups -OCH3 is 2. The second-order valence-electron chi connectivity index (χ2n) is 4.62. The molecule has 0 aliphatic rings. The number of hydrogen-bond donors (Lipinski definition) is 1. The predicted molar refractivity (Wildman–Crippen MR) is 79.3 cm³/mol. The maximum atomic E-state index is 10.4. The second kappa shape index (κ2) is 6.96. The zero-order valence-electron chi connectivity index (χ0n) is 11.9. The predicted octanol–water partition coefficient (Wildman–Crippen LogP) is 3.37. The van der Waals surface area contributed by atoms with Crippen LogP contribution in [0.15, 0.2) is 48.5 Å². The molecule has 0 radical (unpaired) electrons. The molecule has 0 aliphatic carbocycles. The van der Waals surface area contributed by atoms with E-state index < -0.39 is 6.10 Å². The molecule has 0 heterocycles. The first-order valence-electron chi connectivity index (χ1n) is 6.69. The van der Waals surface area contributed by atoms with Gasteiger partial charge in [-0.25, -0.2) is 0 Å². The maximum absolute atomic E-state index is 10.4. The number of benzene rings is 2. The number of ether oxygens (including phenoxy) is 2. The minimum atomic E-state index is -0.569. The van der Waals surface area contributed by atoms with Gasteiger partial charge in [0.15, 0.2) is 11.5 Å². The summed E-state index contributed by atoms with van der Waals surface area (Å²) in [5.41, 5.74) is 1.98. The Labute approximate surface area is 119 Å². The van der Waals surface area contributed by atoms with Crippen molar-refractivity contribution < 1.29 is 14.6 Å². The molecule has 0 bridgehead atoms. The Morgan fingerprint density at radius 1 is 0.950 bits per heavy atom. The van der Waals surface area contributed by atoms with Crippen molar-refractivity contribution in [1.82, 2.24) is 0 Å². The molecule has 1 unspecified atom stereocenters. The summed E-state index contributed by atoms with van der Waals surface area (Å²) in [4.78, 5) is 0. The van der Waals surface area contributed by atoms with Crippen LogP contribution in [0.25, 0.3) is 0 Å². The third-order valence-corrected chi connectivity index (χ3v) is 3.34. The van der Waals surface area contributed by atoms with Gasteiger partial charge < -0.3 is 14.6 Å². The van der Waals surface area contributed by atoms with Gasteiger partial charge in [0.2, 0.25) is 0 Å². The van der Waals surface area contributed by atoms with Crippen molar-refractivity contribution in [1.29, 1.82) is 0 Å². The molecule has 0 saturated carbocycles. The number of hydrogen-bond acceptors (Lipinski definition) is 3. The van der Waals surface area contributed by atoms with E-state index in [-0.39, 0.29) is 0 Å². The van der Waals surface area contributed by atoms with Crippen molar-refractivity contribution in [3.8, 4) is 11.5 Å². The number of aliphatic hydroxyl groups is 1. The highest BCUT2D eigenvalue weighted by Crippen LogP contribution is 2.35. The van der Waals surface area contributed by atoms with Gasteiger partial charge in [-0.2, -0.15) is 0 Å². The summed E-state index contributed by atoms with van der Waals surface area (Å²) in [6, 6.07) is 15.7. The zero-order valence-corrected chi connectivity index (χ0v) is 11.9. The number of para-hydroxylation sites is 1. The minimum Gasteiger partial charge on any atom is -0.493 e. The molecular weight excluding hydrogens is 252 g/mol. The molecular formula is C17H20O3. The molecule has 1 atom stereocenters. The van der Waals surface area contributed by atoms with Crippen molar-refractivity contribution in [2.45, 2.75) is 18.9 Å². The van der Waals surface area contributed by atoms with Crippen LogP contribution in [0.4, 0.5) is 0 Å². The van der Waals surface area contributed by atoms with E-state index in [0.29, 0.717) is 17.9 Å².